The van der Waals surface area contributed by atoms with Gasteiger partial charge in [0.25, 0.3) is 5.91 Å². The number of amides is 1. The minimum absolute atomic E-state index is 0.0175. The highest BCUT2D eigenvalue weighted by Crippen LogP contribution is 2.20. The molecule has 0 radical (unpaired) electrons. The Labute approximate surface area is 137 Å². The van der Waals surface area contributed by atoms with Gasteiger partial charge in [0.15, 0.2) is 6.61 Å². The summed E-state index contributed by atoms with van der Waals surface area (Å²) in [5, 5.41) is 3.62. The first-order valence-electron chi connectivity index (χ1n) is 7.87. The molecule has 5 heteroatoms. The second-order valence-electron chi connectivity index (χ2n) is 6.38. The summed E-state index contributed by atoms with van der Waals surface area (Å²) in [7, 11) is 0. The molecule has 0 bridgehead atoms. The normalized spacial score (nSPS) is 16.3. The summed E-state index contributed by atoms with van der Waals surface area (Å²) in [6.07, 6.45) is 3.81. The van der Waals surface area contributed by atoms with Crippen LogP contribution in [0.3, 0.4) is 0 Å². The van der Waals surface area contributed by atoms with E-state index in [0.29, 0.717) is 17.3 Å². The molecule has 1 amide bonds. The Balaban J connectivity index is 1.73. The van der Waals surface area contributed by atoms with Crippen LogP contribution >= 0.6 is 11.6 Å². The maximum atomic E-state index is 11.9. The molecule has 2 rings (SSSR count). The van der Waals surface area contributed by atoms with Crippen LogP contribution in [0, 0.1) is 0 Å². The molecule has 1 N–H and O–H groups in total. The predicted octanol–water partition coefficient (Wildman–Crippen LogP) is 3.10. The van der Waals surface area contributed by atoms with Crippen molar-refractivity contribution in [1.82, 2.24) is 10.2 Å². The summed E-state index contributed by atoms with van der Waals surface area (Å²) in [6, 6.07) is 7.00. The largest absolute Gasteiger partial charge is 0.484 e. The van der Waals surface area contributed by atoms with E-state index in [2.05, 4.69) is 24.1 Å². The van der Waals surface area contributed by atoms with Crippen LogP contribution in [0.15, 0.2) is 24.3 Å². The highest BCUT2D eigenvalue weighted by molar-refractivity contribution is 6.30. The van der Waals surface area contributed by atoms with Gasteiger partial charge in [-0.2, -0.15) is 0 Å². The number of likely N-dealkylation sites (tertiary alicyclic amines) is 1. The number of hydrogen-bond donors (Lipinski definition) is 1. The second-order valence-corrected chi connectivity index (χ2v) is 6.82. The summed E-state index contributed by atoms with van der Waals surface area (Å²) >= 11 is 5.81. The van der Waals surface area contributed by atoms with Crippen molar-refractivity contribution in [2.45, 2.75) is 38.6 Å². The smallest absolute Gasteiger partial charge is 0.258 e. The Kier molecular flexibility index (Phi) is 6.09. The maximum absolute atomic E-state index is 11.9. The van der Waals surface area contributed by atoms with Gasteiger partial charge in [-0.3, -0.25) is 9.69 Å². The lowest BCUT2D eigenvalue weighted by molar-refractivity contribution is -0.123. The van der Waals surface area contributed by atoms with Crippen LogP contribution in [0.2, 0.25) is 5.02 Å². The van der Waals surface area contributed by atoms with Gasteiger partial charge in [-0.25, -0.2) is 0 Å². The fraction of sp³-hybridized carbons (Fsp3) is 0.588. The molecule has 0 atom stereocenters. The summed E-state index contributed by atoms with van der Waals surface area (Å²) in [5.41, 5.74) is -0.0175. The average Bonchev–Trinajstić information content (AvgIpc) is 2.53. The molecule has 0 saturated carbocycles. The topological polar surface area (TPSA) is 41.6 Å². The minimum atomic E-state index is -0.0972. The van der Waals surface area contributed by atoms with Crippen molar-refractivity contribution >= 4 is 17.5 Å². The average molecular weight is 325 g/mol. The Morgan fingerprint density at radius 1 is 1.23 bits per heavy atom. The number of nitrogens with zero attached hydrogens (tertiary/aromatic N) is 1. The number of ether oxygens (including phenoxy) is 1. The molecule has 1 fully saturated rings. The van der Waals surface area contributed by atoms with Crippen molar-refractivity contribution in [2.24, 2.45) is 0 Å². The van der Waals surface area contributed by atoms with Crippen molar-refractivity contribution in [1.29, 1.82) is 0 Å². The lowest BCUT2D eigenvalue weighted by atomic mass is 9.98. The highest BCUT2D eigenvalue weighted by atomic mass is 35.5. The molecule has 0 aromatic heterocycles. The molecule has 4 nitrogen and oxygen atoms in total. The molecule has 1 aliphatic heterocycles. The summed E-state index contributed by atoms with van der Waals surface area (Å²) < 4.78 is 5.45. The van der Waals surface area contributed by atoms with E-state index in [9.17, 15) is 4.79 Å². The third-order valence-corrected chi connectivity index (χ3v) is 4.37. The van der Waals surface area contributed by atoms with E-state index in [0.717, 1.165) is 13.1 Å². The molecule has 1 aliphatic rings. The third-order valence-electron chi connectivity index (χ3n) is 4.11. The van der Waals surface area contributed by atoms with Gasteiger partial charge in [0.05, 0.1) is 0 Å². The number of hydrogen-bond acceptors (Lipinski definition) is 3. The predicted molar refractivity (Wildman–Crippen MR) is 89.5 cm³/mol. The summed E-state index contributed by atoms with van der Waals surface area (Å²) in [5.74, 6) is 0.551. The van der Waals surface area contributed by atoms with E-state index >= 15 is 0 Å². The molecule has 1 aromatic rings. The Morgan fingerprint density at radius 3 is 2.50 bits per heavy atom. The molecular formula is C17H25ClN2O2. The van der Waals surface area contributed by atoms with Crippen molar-refractivity contribution in [2.75, 3.05) is 26.2 Å². The van der Waals surface area contributed by atoms with Gasteiger partial charge in [-0.1, -0.05) is 18.0 Å². The zero-order chi connectivity index (χ0) is 16.0. The molecule has 1 saturated heterocycles. The third kappa shape index (κ3) is 5.18. The van der Waals surface area contributed by atoms with E-state index in [1.54, 1.807) is 24.3 Å². The van der Waals surface area contributed by atoms with E-state index in [4.69, 9.17) is 16.3 Å². The molecule has 0 spiro atoms. The minimum Gasteiger partial charge on any atom is -0.484 e. The van der Waals surface area contributed by atoms with Crippen molar-refractivity contribution in [3.63, 3.8) is 0 Å². The SMILES string of the molecule is CC(C)(CNC(=O)COc1ccc(Cl)cc1)N1CCCCC1. The van der Waals surface area contributed by atoms with Crippen LogP contribution in [-0.4, -0.2) is 42.6 Å². The van der Waals surface area contributed by atoms with Crippen molar-refractivity contribution < 1.29 is 9.53 Å². The Hall–Kier alpha value is -1.26. The quantitative estimate of drug-likeness (QED) is 0.874. The lowest BCUT2D eigenvalue weighted by Crippen LogP contribution is -2.53. The van der Waals surface area contributed by atoms with E-state index in [1.165, 1.54) is 19.3 Å². The molecule has 0 unspecified atom stereocenters. The van der Waals surface area contributed by atoms with Gasteiger partial charge in [0, 0.05) is 17.1 Å². The fourth-order valence-electron chi connectivity index (χ4n) is 2.66. The molecule has 0 aliphatic carbocycles. The van der Waals surface area contributed by atoms with Crippen LogP contribution in [0.4, 0.5) is 0 Å². The van der Waals surface area contributed by atoms with Gasteiger partial charge in [0.2, 0.25) is 0 Å². The monoisotopic (exact) mass is 324 g/mol. The fourth-order valence-corrected chi connectivity index (χ4v) is 2.78. The number of carbonyl (C=O) groups excluding carboxylic acids is 1. The number of halogens is 1. The standard InChI is InChI=1S/C17H25ClN2O2/c1-17(2,20-10-4-3-5-11-20)13-19-16(21)12-22-15-8-6-14(18)7-9-15/h6-9H,3-5,10-13H2,1-2H3,(H,19,21). The first-order valence-corrected chi connectivity index (χ1v) is 8.25. The van der Waals surface area contributed by atoms with Crippen molar-refractivity contribution in [3.8, 4) is 5.75 Å². The van der Waals surface area contributed by atoms with Crippen LogP contribution < -0.4 is 10.1 Å². The number of rotatable bonds is 6. The zero-order valence-electron chi connectivity index (χ0n) is 13.4. The number of benzene rings is 1. The van der Waals surface area contributed by atoms with E-state index in [1.807, 2.05) is 0 Å². The van der Waals surface area contributed by atoms with Crippen LogP contribution in [0.25, 0.3) is 0 Å². The zero-order valence-corrected chi connectivity index (χ0v) is 14.2. The Morgan fingerprint density at radius 2 is 1.86 bits per heavy atom. The van der Waals surface area contributed by atoms with Crippen LogP contribution in [-0.2, 0) is 4.79 Å². The first-order chi connectivity index (χ1) is 10.5. The van der Waals surface area contributed by atoms with Gasteiger partial charge < -0.3 is 10.1 Å². The lowest BCUT2D eigenvalue weighted by Gasteiger charge is -2.41. The van der Waals surface area contributed by atoms with E-state index in [-0.39, 0.29) is 18.1 Å². The molecule has 22 heavy (non-hydrogen) atoms. The van der Waals surface area contributed by atoms with Crippen LogP contribution in [0.1, 0.15) is 33.1 Å². The molecule has 1 heterocycles. The maximum Gasteiger partial charge on any atom is 0.258 e. The number of nitrogens with one attached hydrogen (secondary N) is 1. The summed E-state index contributed by atoms with van der Waals surface area (Å²) in [4.78, 5) is 14.4. The van der Waals surface area contributed by atoms with Gasteiger partial charge >= 0.3 is 0 Å². The molecule has 122 valence electrons. The Bertz CT molecular complexity index is 482. The number of piperidine rings is 1. The number of carbonyl (C=O) groups is 1. The van der Waals surface area contributed by atoms with Gasteiger partial charge in [0.1, 0.15) is 5.75 Å². The summed E-state index contributed by atoms with van der Waals surface area (Å²) in [6.45, 7) is 7.25. The van der Waals surface area contributed by atoms with Crippen LogP contribution in [0.5, 0.6) is 5.75 Å². The van der Waals surface area contributed by atoms with E-state index < -0.39 is 0 Å². The first kappa shape index (κ1) is 17.1. The van der Waals surface area contributed by atoms with Crippen molar-refractivity contribution in [3.05, 3.63) is 29.3 Å². The van der Waals surface area contributed by atoms with Gasteiger partial charge in [-0.05, 0) is 64.0 Å². The molecule has 1 aromatic carbocycles. The molecular weight excluding hydrogens is 300 g/mol. The second kappa shape index (κ2) is 7.84. The highest BCUT2D eigenvalue weighted by Gasteiger charge is 2.28. The van der Waals surface area contributed by atoms with Gasteiger partial charge in [-0.15, -0.1) is 0 Å².